The lowest BCUT2D eigenvalue weighted by molar-refractivity contribution is -0.0179. The van der Waals surface area contributed by atoms with E-state index < -0.39 is 0 Å². The van der Waals surface area contributed by atoms with Gasteiger partial charge in [0, 0.05) is 23.4 Å². The molecule has 4 saturated carbocycles. The standard InChI is InChI=1S/C28H38N2O4/c1-30-9-8-28(21-4-5-23(32-2)24(13-21)33-3)7-6-22(14-25(28)30)34-26(31)29-27-15-18-10-19(16-27)12-20(11-18)17-27/h4-6,13,18-20,25H,7-12,14-17H2,1-3H3,(H,29,31)/t18?,19?,20?,25?,27?,28-/m0/s1. The van der Waals surface area contributed by atoms with Crippen molar-refractivity contribution in [3.8, 4) is 11.5 Å². The van der Waals surface area contributed by atoms with Gasteiger partial charge in [-0.1, -0.05) is 6.07 Å². The van der Waals surface area contributed by atoms with Crippen LogP contribution in [0.5, 0.6) is 11.5 Å². The van der Waals surface area contributed by atoms with Crippen LogP contribution in [0, 0.1) is 17.8 Å². The van der Waals surface area contributed by atoms with Crippen LogP contribution >= 0.6 is 0 Å². The summed E-state index contributed by atoms with van der Waals surface area (Å²) < 4.78 is 17.0. The summed E-state index contributed by atoms with van der Waals surface area (Å²) >= 11 is 0. The van der Waals surface area contributed by atoms with Crippen LogP contribution in [0.2, 0.25) is 0 Å². The third-order valence-electron chi connectivity index (χ3n) is 9.76. The summed E-state index contributed by atoms with van der Waals surface area (Å²) in [4.78, 5) is 15.5. The van der Waals surface area contributed by atoms with Gasteiger partial charge in [0.2, 0.25) is 0 Å². The van der Waals surface area contributed by atoms with Crippen LogP contribution in [-0.2, 0) is 10.2 Å². The summed E-state index contributed by atoms with van der Waals surface area (Å²) in [5.41, 5.74) is 1.25. The molecule has 6 nitrogen and oxygen atoms in total. The molecule has 1 heterocycles. The van der Waals surface area contributed by atoms with E-state index in [0.29, 0.717) is 0 Å². The normalized spacial score (nSPS) is 38.3. The number of methoxy groups -OCH3 is 2. The lowest BCUT2D eigenvalue weighted by Crippen LogP contribution is -2.59. The number of nitrogens with one attached hydrogen (secondary N) is 1. The number of hydrogen-bond acceptors (Lipinski definition) is 5. The molecule has 0 radical (unpaired) electrons. The molecule has 1 amide bonds. The minimum absolute atomic E-state index is 0.00242. The van der Waals surface area contributed by atoms with Crippen LogP contribution in [0.15, 0.2) is 30.0 Å². The van der Waals surface area contributed by atoms with Gasteiger partial charge in [0.25, 0.3) is 0 Å². The van der Waals surface area contributed by atoms with Crippen LogP contribution in [-0.4, -0.2) is 50.4 Å². The molecule has 4 bridgehead atoms. The number of amides is 1. The number of likely N-dealkylation sites (N-methyl/N-ethyl adjacent to an activating group) is 1. The van der Waals surface area contributed by atoms with Gasteiger partial charge in [0.1, 0.15) is 5.76 Å². The smallest absolute Gasteiger partial charge is 0.412 e. The minimum Gasteiger partial charge on any atom is -0.493 e. The van der Waals surface area contributed by atoms with E-state index in [1.165, 1.54) is 24.8 Å². The first-order chi connectivity index (χ1) is 16.4. The van der Waals surface area contributed by atoms with Crippen LogP contribution in [0.1, 0.15) is 63.4 Å². The molecular weight excluding hydrogens is 428 g/mol. The van der Waals surface area contributed by atoms with Gasteiger partial charge in [-0.3, -0.25) is 0 Å². The largest absolute Gasteiger partial charge is 0.493 e. The number of rotatable bonds is 5. The van der Waals surface area contributed by atoms with Gasteiger partial charge in [-0.05, 0) is 106 Å². The average Bonchev–Trinajstić information content (AvgIpc) is 3.14. The second kappa shape index (κ2) is 8.18. The maximum atomic E-state index is 13.1. The SMILES string of the molecule is COc1ccc([C@@]23CC=C(OC(=O)NC45CC6CC(CC(C6)C4)C5)CC2N(C)CC3)cc1OC. The summed E-state index contributed by atoms with van der Waals surface area (Å²) in [7, 11) is 5.54. The van der Waals surface area contributed by atoms with E-state index >= 15 is 0 Å². The van der Waals surface area contributed by atoms with Crippen molar-refractivity contribution >= 4 is 6.09 Å². The zero-order chi connectivity index (χ0) is 23.5. The number of carbonyl (C=O) groups excluding carboxylic acids is 1. The van der Waals surface area contributed by atoms with E-state index in [4.69, 9.17) is 14.2 Å². The topological polar surface area (TPSA) is 60.0 Å². The molecule has 1 unspecified atom stereocenters. The van der Waals surface area contributed by atoms with Crippen molar-refractivity contribution in [2.75, 3.05) is 27.8 Å². The molecule has 1 aromatic rings. The summed E-state index contributed by atoms with van der Waals surface area (Å²) in [6, 6.07) is 6.60. The predicted molar refractivity (Wildman–Crippen MR) is 130 cm³/mol. The number of ether oxygens (including phenoxy) is 3. The molecule has 1 aliphatic heterocycles. The maximum Gasteiger partial charge on any atom is 0.412 e. The molecule has 0 spiro atoms. The Balaban J connectivity index is 1.18. The van der Waals surface area contributed by atoms with Crippen molar-refractivity contribution in [3.05, 3.63) is 35.6 Å². The van der Waals surface area contributed by atoms with Crippen molar-refractivity contribution in [2.24, 2.45) is 17.8 Å². The Morgan fingerprint density at radius 3 is 2.35 bits per heavy atom. The van der Waals surface area contributed by atoms with E-state index in [1.54, 1.807) is 14.2 Å². The fourth-order valence-electron chi connectivity index (χ4n) is 8.59. The molecule has 5 aliphatic carbocycles. The van der Waals surface area contributed by atoms with Gasteiger partial charge in [0.05, 0.1) is 14.2 Å². The molecule has 34 heavy (non-hydrogen) atoms. The minimum atomic E-state index is -0.243. The fourth-order valence-corrected chi connectivity index (χ4v) is 8.59. The van der Waals surface area contributed by atoms with Crippen LogP contribution in [0.25, 0.3) is 0 Å². The molecule has 1 aromatic carbocycles. The molecule has 6 heteroatoms. The van der Waals surface area contributed by atoms with Gasteiger partial charge in [-0.15, -0.1) is 0 Å². The quantitative estimate of drug-likeness (QED) is 0.660. The molecule has 7 rings (SSSR count). The van der Waals surface area contributed by atoms with Gasteiger partial charge < -0.3 is 24.4 Å². The second-order valence-electron chi connectivity index (χ2n) is 11.8. The lowest BCUT2D eigenvalue weighted by atomic mass is 9.53. The van der Waals surface area contributed by atoms with Gasteiger partial charge >= 0.3 is 6.09 Å². The average molecular weight is 467 g/mol. The molecule has 0 aromatic heterocycles. The molecule has 1 saturated heterocycles. The van der Waals surface area contributed by atoms with Gasteiger partial charge in [-0.25, -0.2) is 4.79 Å². The number of benzene rings is 1. The highest BCUT2D eigenvalue weighted by Crippen LogP contribution is 2.56. The van der Waals surface area contributed by atoms with E-state index in [0.717, 1.165) is 80.1 Å². The van der Waals surface area contributed by atoms with Crippen molar-refractivity contribution in [3.63, 3.8) is 0 Å². The summed E-state index contributed by atoms with van der Waals surface area (Å²) in [6.45, 7) is 1.03. The molecule has 184 valence electrons. The lowest BCUT2D eigenvalue weighted by Gasteiger charge is -2.56. The van der Waals surface area contributed by atoms with E-state index in [-0.39, 0.29) is 23.1 Å². The monoisotopic (exact) mass is 466 g/mol. The molecule has 1 N–H and O–H groups in total. The number of allylic oxidation sites excluding steroid dienone is 1. The van der Waals surface area contributed by atoms with Crippen molar-refractivity contribution in [1.29, 1.82) is 0 Å². The Morgan fingerprint density at radius 1 is 1.03 bits per heavy atom. The summed E-state index contributed by atoms with van der Waals surface area (Å²) in [5, 5.41) is 3.37. The first-order valence-corrected chi connectivity index (χ1v) is 13.0. The third-order valence-corrected chi connectivity index (χ3v) is 9.76. The van der Waals surface area contributed by atoms with Crippen molar-refractivity contribution in [2.45, 2.75) is 74.8 Å². The van der Waals surface area contributed by atoms with Crippen molar-refractivity contribution < 1.29 is 19.0 Å². The Labute approximate surface area is 203 Å². The Morgan fingerprint density at radius 2 is 1.71 bits per heavy atom. The van der Waals surface area contributed by atoms with Crippen LogP contribution in [0.3, 0.4) is 0 Å². The Kier molecular flexibility index (Phi) is 5.36. The number of likely N-dealkylation sites (tertiary alicyclic amines) is 1. The number of carbonyl (C=O) groups is 1. The number of nitrogens with zero attached hydrogens (tertiary/aromatic N) is 1. The fraction of sp³-hybridized carbons (Fsp3) is 0.679. The zero-order valence-corrected chi connectivity index (χ0v) is 20.8. The Bertz CT molecular complexity index is 969. The maximum absolute atomic E-state index is 13.1. The molecule has 6 aliphatic rings. The number of fused-ring (bicyclic) bond motifs is 1. The second-order valence-corrected chi connectivity index (χ2v) is 11.8. The zero-order valence-electron chi connectivity index (χ0n) is 20.8. The van der Waals surface area contributed by atoms with Gasteiger partial charge in [-0.2, -0.15) is 0 Å². The first-order valence-electron chi connectivity index (χ1n) is 13.0. The van der Waals surface area contributed by atoms with E-state index in [9.17, 15) is 4.79 Å². The summed E-state index contributed by atoms with van der Waals surface area (Å²) in [5.74, 6) is 4.74. The van der Waals surface area contributed by atoms with E-state index in [1.807, 2.05) is 6.07 Å². The highest BCUT2D eigenvalue weighted by Gasteiger charge is 2.52. The molecular formula is C28H38N2O4. The van der Waals surface area contributed by atoms with Crippen LogP contribution in [0.4, 0.5) is 4.79 Å². The van der Waals surface area contributed by atoms with E-state index in [2.05, 4.69) is 35.5 Å². The predicted octanol–water partition coefficient (Wildman–Crippen LogP) is 5.02. The number of hydrogen-bond donors (Lipinski definition) is 1. The van der Waals surface area contributed by atoms with Crippen LogP contribution < -0.4 is 14.8 Å². The molecule has 5 fully saturated rings. The van der Waals surface area contributed by atoms with Gasteiger partial charge in [0.15, 0.2) is 11.5 Å². The third kappa shape index (κ3) is 3.60. The van der Waals surface area contributed by atoms with Crippen molar-refractivity contribution in [1.82, 2.24) is 10.2 Å². The molecule has 2 atom stereocenters. The Hall–Kier alpha value is -2.21. The first kappa shape index (κ1) is 22.3. The highest BCUT2D eigenvalue weighted by molar-refractivity contribution is 5.70. The highest BCUT2D eigenvalue weighted by atomic mass is 16.6. The summed E-state index contributed by atoms with van der Waals surface area (Å²) in [6.07, 6.45) is 12.1. The number of alkyl carbamates (subject to hydrolysis) is 1.